The van der Waals surface area contributed by atoms with Crippen LogP contribution in [0.4, 0.5) is 5.69 Å². The number of aliphatic hydroxyl groups excluding tert-OH is 1. The summed E-state index contributed by atoms with van der Waals surface area (Å²) in [7, 11) is 0. The first-order chi connectivity index (χ1) is 7.88. The number of nitrogens with zero attached hydrogens (tertiary/aromatic N) is 1. The van der Waals surface area contributed by atoms with Crippen LogP contribution in [-0.4, -0.2) is 21.1 Å². The fourth-order valence-corrected chi connectivity index (χ4v) is 1.08. The monoisotopic (exact) mass is 241 g/mol. The first-order valence-electron chi connectivity index (χ1n) is 5.00. The van der Waals surface area contributed by atoms with Gasteiger partial charge in [-0.3, -0.25) is 14.9 Å². The molecule has 0 aliphatic carbocycles. The summed E-state index contributed by atoms with van der Waals surface area (Å²) in [5.74, 6) is -0.833. The minimum absolute atomic E-state index is 0.0185. The number of hydrogen-bond donors (Lipinski definition) is 2. The summed E-state index contributed by atoms with van der Waals surface area (Å²) < 4.78 is 0. The van der Waals surface area contributed by atoms with Crippen LogP contribution in [0.3, 0.4) is 0 Å². The fraction of sp³-hybridized carbons (Fsp3) is 0.364. The lowest BCUT2D eigenvalue weighted by Gasteiger charge is -2.06. The van der Waals surface area contributed by atoms with E-state index in [9.17, 15) is 15.2 Å². The molecule has 0 spiro atoms. The summed E-state index contributed by atoms with van der Waals surface area (Å²) in [5.41, 5.74) is 0.613. The molecule has 0 aliphatic heterocycles. The summed E-state index contributed by atoms with van der Waals surface area (Å²) in [5, 5.41) is 27.2. The highest BCUT2D eigenvalue weighted by Crippen LogP contribution is 2.20. The number of aliphatic hydroxyl groups is 1. The average Bonchev–Trinajstić information content (AvgIpc) is 2.27. The van der Waals surface area contributed by atoms with Crippen LogP contribution in [0.25, 0.3) is 0 Å². The highest BCUT2D eigenvalue weighted by Gasteiger charge is 2.09. The van der Waals surface area contributed by atoms with Crippen molar-refractivity contribution in [3.8, 4) is 0 Å². The van der Waals surface area contributed by atoms with Gasteiger partial charge >= 0.3 is 0 Å². The van der Waals surface area contributed by atoms with Crippen LogP contribution in [0.15, 0.2) is 24.3 Å². The molecule has 0 heterocycles. The standard InChI is InChI=1S/C9H11NO3.C2H4O2/c1-2-9(11)7-4-3-5-8(6-7)10(12)13;1-2(3)4/h3-6,9,11H,2H2,1H3;1H3,(H,3,4)/t9-;/m1./s1. The highest BCUT2D eigenvalue weighted by atomic mass is 16.6. The number of aliphatic carboxylic acids is 1. The molecule has 0 amide bonds. The third-order valence-electron chi connectivity index (χ3n) is 1.85. The topological polar surface area (TPSA) is 101 Å². The third kappa shape index (κ3) is 6.26. The summed E-state index contributed by atoms with van der Waals surface area (Å²) in [4.78, 5) is 18.9. The molecule has 0 fully saturated rings. The minimum Gasteiger partial charge on any atom is -0.481 e. The van der Waals surface area contributed by atoms with Crippen molar-refractivity contribution in [1.29, 1.82) is 0 Å². The smallest absolute Gasteiger partial charge is 0.300 e. The van der Waals surface area contributed by atoms with Crippen molar-refractivity contribution >= 4 is 11.7 Å². The van der Waals surface area contributed by atoms with E-state index in [1.165, 1.54) is 12.1 Å². The van der Waals surface area contributed by atoms with E-state index in [1.54, 1.807) is 12.1 Å². The van der Waals surface area contributed by atoms with E-state index >= 15 is 0 Å². The molecule has 0 bridgehead atoms. The lowest BCUT2D eigenvalue weighted by atomic mass is 10.1. The lowest BCUT2D eigenvalue weighted by Crippen LogP contribution is -1.96. The lowest BCUT2D eigenvalue weighted by molar-refractivity contribution is -0.385. The second-order valence-corrected chi connectivity index (χ2v) is 3.30. The van der Waals surface area contributed by atoms with Gasteiger partial charge in [0, 0.05) is 19.1 Å². The Labute approximate surface area is 98.7 Å². The van der Waals surface area contributed by atoms with Gasteiger partial charge < -0.3 is 10.2 Å². The van der Waals surface area contributed by atoms with Crippen molar-refractivity contribution in [1.82, 2.24) is 0 Å². The van der Waals surface area contributed by atoms with Crippen molar-refractivity contribution in [2.75, 3.05) is 0 Å². The van der Waals surface area contributed by atoms with Crippen molar-refractivity contribution < 1.29 is 19.9 Å². The van der Waals surface area contributed by atoms with Gasteiger partial charge in [0.25, 0.3) is 11.7 Å². The molecule has 2 N–H and O–H groups in total. The number of rotatable bonds is 3. The molecule has 0 aromatic heterocycles. The van der Waals surface area contributed by atoms with Gasteiger partial charge in [0.15, 0.2) is 0 Å². The van der Waals surface area contributed by atoms with E-state index in [2.05, 4.69) is 0 Å². The van der Waals surface area contributed by atoms with Gasteiger partial charge in [-0.15, -0.1) is 0 Å². The van der Waals surface area contributed by atoms with Crippen molar-refractivity contribution in [3.05, 3.63) is 39.9 Å². The van der Waals surface area contributed by atoms with Crippen LogP contribution in [0.5, 0.6) is 0 Å². The minimum atomic E-state index is -0.833. The van der Waals surface area contributed by atoms with E-state index in [4.69, 9.17) is 9.90 Å². The molecule has 0 radical (unpaired) electrons. The van der Waals surface area contributed by atoms with Crippen LogP contribution in [-0.2, 0) is 4.79 Å². The molecule has 1 rings (SSSR count). The maximum absolute atomic E-state index is 10.4. The highest BCUT2D eigenvalue weighted by molar-refractivity contribution is 5.62. The van der Waals surface area contributed by atoms with Crippen LogP contribution >= 0.6 is 0 Å². The van der Waals surface area contributed by atoms with E-state index in [1.807, 2.05) is 6.92 Å². The number of non-ortho nitro benzene ring substituents is 1. The van der Waals surface area contributed by atoms with E-state index in [-0.39, 0.29) is 5.69 Å². The molecular weight excluding hydrogens is 226 g/mol. The number of benzene rings is 1. The van der Waals surface area contributed by atoms with E-state index in [0.717, 1.165) is 6.92 Å². The van der Waals surface area contributed by atoms with Gasteiger partial charge in [-0.05, 0) is 12.0 Å². The number of hydrogen-bond acceptors (Lipinski definition) is 4. The second-order valence-electron chi connectivity index (χ2n) is 3.30. The largest absolute Gasteiger partial charge is 0.481 e. The first kappa shape index (κ1) is 15.0. The van der Waals surface area contributed by atoms with Gasteiger partial charge in [0.2, 0.25) is 0 Å². The number of nitro benzene ring substituents is 1. The normalized spacial score (nSPS) is 11.0. The molecule has 0 aliphatic rings. The molecule has 0 saturated carbocycles. The molecule has 1 aromatic carbocycles. The number of nitro groups is 1. The Bertz CT molecular complexity index is 387. The summed E-state index contributed by atoms with van der Waals surface area (Å²) in [6.45, 7) is 2.91. The Balaban J connectivity index is 0.000000557. The zero-order chi connectivity index (χ0) is 13.4. The predicted octanol–water partition coefficient (Wildman–Crippen LogP) is 2.13. The summed E-state index contributed by atoms with van der Waals surface area (Å²) in [6, 6.07) is 6.06. The van der Waals surface area contributed by atoms with Gasteiger partial charge in [-0.2, -0.15) is 0 Å². The Morgan fingerprint density at radius 3 is 2.47 bits per heavy atom. The van der Waals surface area contributed by atoms with Crippen molar-refractivity contribution in [2.24, 2.45) is 0 Å². The van der Waals surface area contributed by atoms with Crippen LogP contribution < -0.4 is 0 Å². The zero-order valence-electron chi connectivity index (χ0n) is 9.66. The van der Waals surface area contributed by atoms with Crippen LogP contribution in [0, 0.1) is 10.1 Å². The molecular formula is C11H15NO5. The zero-order valence-corrected chi connectivity index (χ0v) is 9.66. The Kier molecular flexibility index (Phi) is 6.50. The SMILES string of the molecule is CC(=O)O.CC[C@@H](O)c1cccc([N+](=O)[O-])c1. The van der Waals surface area contributed by atoms with Crippen molar-refractivity contribution in [3.63, 3.8) is 0 Å². The molecule has 0 saturated heterocycles. The number of carbonyl (C=O) groups is 1. The van der Waals surface area contributed by atoms with Crippen molar-refractivity contribution in [2.45, 2.75) is 26.4 Å². The van der Waals surface area contributed by atoms with E-state index < -0.39 is 17.0 Å². The van der Waals surface area contributed by atoms with E-state index in [0.29, 0.717) is 12.0 Å². The molecule has 6 heteroatoms. The van der Waals surface area contributed by atoms with Crippen LogP contribution in [0.2, 0.25) is 0 Å². The average molecular weight is 241 g/mol. The predicted molar refractivity (Wildman–Crippen MR) is 61.7 cm³/mol. The van der Waals surface area contributed by atoms with Gasteiger partial charge in [-0.25, -0.2) is 0 Å². The fourth-order valence-electron chi connectivity index (χ4n) is 1.08. The number of carboxylic acids is 1. The first-order valence-corrected chi connectivity index (χ1v) is 5.00. The molecule has 0 unspecified atom stereocenters. The maximum Gasteiger partial charge on any atom is 0.300 e. The molecule has 17 heavy (non-hydrogen) atoms. The maximum atomic E-state index is 10.4. The number of carboxylic acid groups (broad SMARTS) is 1. The Hall–Kier alpha value is -1.95. The quantitative estimate of drug-likeness (QED) is 0.623. The summed E-state index contributed by atoms with van der Waals surface area (Å²) in [6.07, 6.45) is -0.0545. The third-order valence-corrected chi connectivity index (χ3v) is 1.85. The van der Waals surface area contributed by atoms with Gasteiger partial charge in [-0.1, -0.05) is 19.1 Å². The Morgan fingerprint density at radius 1 is 1.53 bits per heavy atom. The molecule has 6 nitrogen and oxygen atoms in total. The molecule has 1 aromatic rings. The Morgan fingerprint density at radius 2 is 2.06 bits per heavy atom. The molecule has 94 valence electrons. The van der Waals surface area contributed by atoms with Gasteiger partial charge in [0.1, 0.15) is 0 Å². The second kappa shape index (κ2) is 7.34. The molecule has 1 atom stereocenters. The van der Waals surface area contributed by atoms with Crippen LogP contribution in [0.1, 0.15) is 31.9 Å². The summed E-state index contributed by atoms with van der Waals surface area (Å²) >= 11 is 0. The van der Waals surface area contributed by atoms with Gasteiger partial charge in [0.05, 0.1) is 11.0 Å².